The van der Waals surface area contributed by atoms with Crippen LogP contribution in [0.5, 0.6) is 0 Å². The molecule has 0 aliphatic rings. The van der Waals surface area contributed by atoms with E-state index in [2.05, 4.69) is 6.92 Å². The van der Waals surface area contributed by atoms with Crippen molar-refractivity contribution in [1.82, 2.24) is 0 Å². The summed E-state index contributed by atoms with van der Waals surface area (Å²) >= 11 is 0. The summed E-state index contributed by atoms with van der Waals surface area (Å²) in [5.41, 5.74) is 0. The average Bonchev–Trinajstić information content (AvgIpc) is 2.39. The SMILES string of the molecule is CCCCCCCCCC(CC(C(=O)O)C(=O)O)C(C)C.[H-].[Li+]. The molecule has 0 saturated carbocycles. The number of unbranched alkanes of at least 4 members (excludes halogenated alkanes) is 6. The van der Waals surface area contributed by atoms with E-state index >= 15 is 0 Å². The maximum absolute atomic E-state index is 11.0. The topological polar surface area (TPSA) is 74.6 Å². The molecule has 22 heavy (non-hydrogen) atoms. The van der Waals surface area contributed by atoms with Gasteiger partial charge in [0.05, 0.1) is 0 Å². The third-order valence-corrected chi connectivity index (χ3v) is 4.26. The molecule has 4 nitrogen and oxygen atoms in total. The van der Waals surface area contributed by atoms with Crippen LogP contribution in [0.1, 0.15) is 80.0 Å². The van der Waals surface area contributed by atoms with Crippen molar-refractivity contribution in [2.75, 3.05) is 0 Å². The molecule has 0 heterocycles. The van der Waals surface area contributed by atoms with Gasteiger partial charge in [-0.1, -0.05) is 72.1 Å². The molecule has 0 radical (unpaired) electrons. The molecule has 0 aromatic rings. The molecule has 1 atom stereocenters. The first-order valence-electron chi connectivity index (χ1n) is 8.35. The van der Waals surface area contributed by atoms with Crippen LogP contribution in [0.4, 0.5) is 0 Å². The Bertz CT molecular complexity index is 297. The van der Waals surface area contributed by atoms with Gasteiger partial charge in [-0.2, -0.15) is 0 Å². The van der Waals surface area contributed by atoms with E-state index in [4.69, 9.17) is 10.2 Å². The van der Waals surface area contributed by atoms with Crippen LogP contribution in [0, 0.1) is 17.8 Å². The van der Waals surface area contributed by atoms with Gasteiger partial charge in [0.25, 0.3) is 0 Å². The molecule has 0 spiro atoms. The van der Waals surface area contributed by atoms with Gasteiger partial charge in [0.15, 0.2) is 5.92 Å². The second-order valence-electron chi connectivity index (χ2n) is 6.38. The third kappa shape index (κ3) is 11.2. The van der Waals surface area contributed by atoms with Gasteiger partial charge < -0.3 is 11.6 Å². The molecule has 0 aromatic carbocycles. The largest absolute Gasteiger partial charge is 1.00 e. The maximum atomic E-state index is 11.0. The van der Waals surface area contributed by atoms with Crippen molar-refractivity contribution >= 4 is 11.9 Å². The van der Waals surface area contributed by atoms with E-state index < -0.39 is 17.9 Å². The summed E-state index contributed by atoms with van der Waals surface area (Å²) in [7, 11) is 0. The van der Waals surface area contributed by atoms with Crippen molar-refractivity contribution in [1.29, 1.82) is 0 Å². The average molecular weight is 308 g/mol. The molecule has 126 valence electrons. The van der Waals surface area contributed by atoms with Crippen LogP contribution >= 0.6 is 0 Å². The van der Waals surface area contributed by atoms with Crippen molar-refractivity contribution in [3.8, 4) is 0 Å². The van der Waals surface area contributed by atoms with Crippen molar-refractivity contribution in [3.63, 3.8) is 0 Å². The molecular formula is C17H33LiO4. The minimum Gasteiger partial charge on any atom is -1.00 e. The van der Waals surface area contributed by atoms with Crippen molar-refractivity contribution < 1.29 is 40.1 Å². The summed E-state index contributed by atoms with van der Waals surface area (Å²) in [6.45, 7) is 6.30. The summed E-state index contributed by atoms with van der Waals surface area (Å²) in [6, 6.07) is 0. The number of rotatable bonds is 13. The fraction of sp³-hybridized carbons (Fsp3) is 0.882. The van der Waals surface area contributed by atoms with Gasteiger partial charge >= 0.3 is 30.8 Å². The molecule has 0 rings (SSSR count). The Balaban J connectivity index is -0.00000200. The number of hydrogen-bond acceptors (Lipinski definition) is 2. The quantitative estimate of drug-likeness (QED) is 0.308. The number of carboxylic acid groups (broad SMARTS) is 2. The summed E-state index contributed by atoms with van der Waals surface area (Å²) < 4.78 is 0. The van der Waals surface area contributed by atoms with Gasteiger partial charge in [0.1, 0.15) is 0 Å². The predicted octanol–water partition coefficient (Wildman–Crippen LogP) is 1.69. The smallest absolute Gasteiger partial charge is 1.00 e. The minimum atomic E-state index is -1.26. The van der Waals surface area contributed by atoms with E-state index in [0.717, 1.165) is 19.3 Å². The van der Waals surface area contributed by atoms with Crippen molar-refractivity contribution in [2.45, 2.75) is 78.6 Å². The van der Waals surface area contributed by atoms with E-state index in [0.29, 0.717) is 5.92 Å². The first-order valence-corrected chi connectivity index (χ1v) is 8.35. The first kappa shape index (κ1) is 23.8. The van der Waals surface area contributed by atoms with Crippen LogP contribution in [-0.4, -0.2) is 22.2 Å². The predicted molar refractivity (Wildman–Crippen MR) is 85.4 cm³/mol. The number of carbonyl (C=O) groups is 2. The Labute approximate surface area is 148 Å². The van der Waals surface area contributed by atoms with Gasteiger partial charge in [-0.15, -0.1) is 0 Å². The Kier molecular flexibility index (Phi) is 15.3. The zero-order chi connectivity index (χ0) is 16.3. The molecule has 0 bridgehead atoms. The van der Waals surface area contributed by atoms with Crippen LogP contribution in [0.2, 0.25) is 0 Å². The van der Waals surface area contributed by atoms with Gasteiger partial charge in [0.2, 0.25) is 0 Å². The standard InChI is InChI=1S/C17H32O4.Li.H/c1-4-5-6-7-8-9-10-11-14(13(2)3)12-15(16(18)19)17(20)21;;/h13-15H,4-12H2,1-3H3,(H,18,19)(H,20,21);;/q;+1;-1. The molecule has 0 amide bonds. The maximum Gasteiger partial charge on any atom is 1.00 e. The Morgan fingerprint density at radius 3 is 1.77 bits per heavy atom. The van der Waals surface area contributed by atoms with E-state index in [1.54, 1.807) is 0 Å². The molecular weight excluding hydrogens is 275 g/mol. The van der Waals surface area contributed by atoms with Crippen LogP contribution < -0.4 is 18.9 Å². The molecule has 0 aliphatic carbocycles. The molecule has 0 saturated heterocycles. The second-order valence-corrected chi connectivity index (χ2v) is 6.38. The fourth-order valence-corrected chi connectivity index (χ4v) is 2.70. The first-order chi connectivity index (χ1) is 9.90. The summed E-state index contributed by atoms with van der Waals surface area (Å²) in [6.07, 6.45) is 9.76. The van der Waals surface area contributed by atoms with Crippen LogP contribution in [0.15, 0.2) is 0 Å². The van der Waals surface area contributed by atoms with Crippen molar-refractivity contribution in [3.05, 3.63) is 0 Å². The number of carboxylic acids is 2. The summed E-state index contributed by atoms with van der Waals surface area (Å²) in [4.78, 5) is 22.0. The second kappa shape index (κ2) is 14.2. The van der Waals surface area contributed by atoms with Gasteiger partial charge in [-0.05, 0) is 18.3 Å². The molecule has 2 N–H and O–H groups in total. The Morgan fingerprint density at radius 2 is 1.36 bits per heavy atom. The van der Waals surface area contributed by atoms with E-state index in [1.807, 2.05) is 13.8 Å². The van der Waals surface area contributed by atoms with Gasteiger partial charge in [-0.25, -0.2) is 0 Å². The van der Waals surface area contributed by atoms with Gasteiger partial charge in [-0.3, -0.25) is 9.59 Å². The zero-order valence-corrected chi connectivity index (χ0v) is 14.8. The number of aliphatic carboxylic acids is 2. The molecule has 0 aromatic heterocycles. The molecule has 5 heteroatoms. The zero-order valence-electron chi connectivity index (χ0n) is 15.8. The van der Waals surface area contributed by atoms with Gasteiger partial charge in [0, 0.05) is 0 Å². The Morgan fingerprint density at radius 1 is 0.909 bits per heavy atom. The summed E-state index contributed by atoms with van der Waals surface area (Å²) in [5.74, 6) is -3.19. The Hall–Kier alpha value is -0.463. The number of hydrogen-bond donors (Lipinski definition) is 2. The van der Waals surface area contributed by atoms with Crippen LogP contribution in [0.25, 0.3) is 0 Å². The minimum absolute atomic E-state index is 0. The molecule has 0 fully saturated rings. The normalized spacial score (nSPS) is 12.2. The third-order valence-electron chi connectivity index (χ3n) is 4.26. The molecule has 0 aliphatic heterocycles. The van der Waals surface area contributed by atoms with Crippen molar-refractivity contribution in [2.24, 2.45) is 17.8 Å². The van der Waals surface area contributed by atoms with E-state index in [9.17, 15) is 9.59 Å². The summed E-state index contributed by atoms with van der Waals surface area (Å²) in [5, 5.41) is 18.0. The van der Waals surface area contributed by atoms with Crippen LogP contribution in [-0.2, 0) is 9.59 Å². The van der Waals surface area contributed by atoms with Crippen LogP contribution in [0.3, 0.4) is 0 Å². The van der Waals surface area contributed by atoms with E-state index in [1.165, 1.54) is 32.1 Å². The molecule has 1 unspecified atom stereocenters. The fourth-order valence-electron chi connectivity index (χ4n) is 2.70. The monoisotopic (exact) mass is 308 g/mol. The van der Waals surface area contributed by atoms with E-state index in [-0.39, 0.29) is 32.6 Å².